The molecule has 5 nitrogen and oxygen atoms in total. The zero-order chi connectivity index (χ0) is 8.97. The lowest BCUT2D eigenvalue weighted by Gasteiger charge is -2.06. The molecule has 0 aliphatic carbocycles. The topological polar surface area (TPSA) is 81.4 Å². The van der Waals surface area contributed by atoms with Crippen LogP contribution in [-0.4, -0.2) is 10.4 Å². The van der Waals surface area contributed by atoms with Gasteiger partial charge in [-0.05, 0) is 19.1 Å². The van der Waals surface area contributed by atoms with Crippen LogP contribution in [0, 0.1) is 6.92 Å². The van der Waals surface area contributed by atoms with Crippen LogP contribution in [0.25, 0.3) is 0 Å². The molecule has 0 atom stereocenters. The molecule has 66 valence electrons. The Morgan fingerprint density at radius 1 is 1.75 bits per heavy atom. The Hall–Kier alpha value is -1.49. The molecule has 1 heterocycles. The van der Waals surface area contributed by atoms with Gasteiger partial charge in [0.2, 0.25) is 0 Å². The SMILES string of the molecule is Cc1cccn1C/C(=N/N)NN. The molecule has 0 unspecified atom stereocenters. The van der Waals surface area contributed by atoms with Gasteiger partial charge in [0.1, 0.15) is 0 Å². The van der Waals surface area contributed by atoms with Gasteiger partial charge in [0.25, 0.3) is 0 Å². The number of hydrazine groups is 1. The van der Waals surface area contributed by atoms with Crippen molar-refractivity contribution in [2.24, 2.45) is 16.8 Å². The van der Waals surface area contributed by atoms with Crippen molar-refractivity contribution in [2.45, 2.75) is 13.5 Å². The number of hydrogen-bond acceptors (Lipinski definition) is 3. The Bertz CT molecular complexity index is 275. The molecule has 0 saturated heterocycles. The number of hydrogen-bond donors (Lipinski definition) is 3. The second-order valence-corrected chi connectivity index (χ2v) is 2.50. The molecule has 0 radical (unpaired) electrons. The summed E-state index contributed by atoms with van der Waals surface area (Å²) in [5.41, 5.74) is 3.57. The van der Waals surface area contributed by atoms with Gasteiger partial charge in [-0.25, -0.2) is 5.84 Å². The van der Waals surface area contributed by atoms with Gasteiger partial charge in [-0.3, -0.25) is 0 Å². The molecule has 0 bridgehead atoms. The third-order valence-corrected chi connectivity index (χ3v) is 1.70. The molecule has 0 aromatic carbocycles. The Balaban J connectivity index is 2.69. The van der Waals surface area contributed by atoms with Gasteiger partial charge >= 0.3 is 0 Å². The van der Waals surface area contributed by atoms with Crippen LogP contribution in [0.15, 0.2) is 23.4 Å². The van der Waals surface area contributed by atoms with Crippen molar-refractivity contribution in [3.05, 3.63) is 24.0 Å². The second-order valence-electron chi connectivity index (χ2n) is 2.50. The van der Waals surface area contributed by atoms with Crippen molar-refractivity contribution in [3.63, 3.8) is 0 Å². The molecule has 1 aromatic rings. The van der Waals surface area contributed by atoms with Gasteiger partial charge < -0.3 is 15.8 Å². The fourth-order valence-electron chi connectivity index (χ4n) is 0.962. The van der Waals surface area contributed by atoms with Gasteiger partial charge in [-0.15, -0.1) is 0 Å². The summed E-state index contributed by atoms with van der Waals surface area (Å²) in [6.45, 7) is 2.58. The summed E-state index contributed by atoms with van der Waals surface area (Å²) in [5.74, 6) is 10.8. The first-order valence-electron chi connectivity index (χ1n) is 3.63. The number of aromatic nitrogens is 1. The highest BCUT2D eigenvalue weighted by Gasteiger charge is 1.98. The van der Waals surface area contributed by atoms with Crippen LogP contribution < -0.4 is 17.1 Å². The first-order chi connectivity index (χ1) is 5.77. The van der Waals surface area contributed by atoms with Crippen molar-refractivity contribution < 1.29 is 0 Å². The zero-order valence-corrected chi connectivity index (χ0v) is 6.99. The number of hydrazone groups is 1. The molecule has 5 heteroatoms. The van der Waals surface area contributed by atoms with E-state index in [1.165, 1.54) is 0 Å². The van der Waals surface area contributed by atoms with Gasteiger partial charge in [0.05, 0.1) is 6.54 Å². The van der Waals surface area contributed by atoms with Crippen LogP contribution in [-0.2, 0) is 6.54 Å². The molecule has 0 fully saturated rings. The molecule has 5 N–H and O–H groups in total. The predicted octanol–water partition coefficient (Wildman–Crippen LogP) is -0.468. The van der Waals surface area contributed by atoms with E-state index in [0.717, 1.165) is 5.69 Å². The smallest absolute Gasteiger partial charge is 0.155 e. The highest BCUT2D eigenvalue weighted by molar-refractivity contribution is 5.81. The normalized spacial score (nSPS) is 11.7. The Labute approximate surface area is 71.0 Å². The maximum absolute atomic E-state index is 5.18. The van der Waals surface area contributed by atoms with Crippen LogP contribution in [0.4, 0.5) is 0 Å². The lowest BCUT2D eigenvalue weighted by Crippen LogP contribution is -2.34. The third-order valence-electron chi connectivity index (χ3n) is 1.70. The van der Waals surface area contributed by atoms with Crippen molar-refractivity contribution in [3.8, 4) is 0 Å². The van der Waals surface area contributed by atoms with E-state index in [-0.39, 0.29) is 0 Å². The first-order valence-corrected chi connectivity index (χ1v) is 3.63. The number of amidine groups is 1. The molecule has 12 heavy (non-hydrogen) atoms. The van der Waals surface area contributed by atoms with Crippen LogP contribution in [0.3, 0.4) is 0 Å². The first kappa shape index (κ1) is 8.61. The lowest BCUT2D eigenvalue weighted by atomic mass is 10.5. The van der Waals surface area contributed by atoms with Crippen molar-refractivity contribution >= 4 is 5.84 Å². The fourth-order valence-corrected chi connectivity index (χ4v) is 0.962. The maximum Gasteiger partial charge on any atom is 0.155 e. The van der Waals surface area contributed by atoms with Gasteiger partial charge in [-0.2, -0.15) is 5.10 Å². The summed E-state index contributed by atoms with van der Waals surface area (Å²) in [5, 5.41) is 3.48. The molecule has 0 aliphatic heterocycles. The summed E-state index contributed by atoms with van der Waals surface area (Å²) in [6, 6.07) is 3.96. The minimum atomic E-state index is 0.550. The summed E-state index contributed by atoms with van der Waals surface area (Å²) in [4.78, 5) is 0. The number of rotatable bonds is 2. The quantitative estimate of drug-likeness (QED) is 0.241. The van der Waals surface area contributed by atoms with Crippen LogP contribution >= 0.6 is 0 Å². The summed E-state index contributed by atoms with van der Waals surface area (Å²) < 4.78 is 1.99. The lowest BCUT2D eigenvalue weighted by molar-refractivity contribution is 0.786. The molecule has 1 aromatic heterocycles. The zero-order valence-electron chi connectivity index (χ0n) is 6.99. The van der Waals surface area contributed by atoms with E-state index < -0.39 is 0 Å². The highest BCUT2D eigenvalue weighted by Crippen LogP contribution is 1.98. The van der Waals surface area contributed by atoms with Crippen molar-refractivity contribution in [1.82, 2.24) is 9.99 Å². The summed E-state index contributed by atoms with van der Waals surface area (Å²) >= 11 is 0. The van der Waals surface area contributed by atoms with E-state index in [0.29, 0.717) is 12.4 Å². The number of nitrogens with zero attached hydrogens (tertiary/aromatic N) is 2. The predicted molar refractivity (Wildman–Crippen MR) is 48.1 cm³/mol. The van der Waals surface area contributed by atoms with Crippen LogP contribution in [0.2, 0.25) is 0 Å². The number of aryl methyl sites for hydroxylation is 1. The average Bonchev–Trinajstić information content (AvgIpc) is 2.47. The van der Waals surface area contributed by atoms with Crippen molar-refractivity contribution in [2.75, 3.05) is 0 Å². The van der Waals surface area contributed by atoms with Gasteiger partial charge in [0, 0.05) is 11.9 Å². The molecule has 0 aliphatic rings. The van der Waals surface area contributed by atoms with E-state index in [2.05, 4.69) is 10.5 Å². The van der Waals surface area contributed by atoms with E-state index >= 15 is 0 Å². The van der Waals surface area contributed by atoms with Crippen molar-refractivity contribution in [1.29, 1.82) is 0 Å². The average molecular weight is 167 g/mol. The largest absolute Gasteiger partial charge is 0.344 e. The molecule has 0 amide bonds. The van der Waals surface area contributed by atoms with Gasteiger partial charge in [0.15, 0.2) is 5.84 Å². The second kappa shape index (κ2) is 3.77. The van der Waals surface area contributed by atoms with Gasteiger partial charge in [-0.1, -0.05) is 0 Å². The van der Waals surface area contributed by atoms with Crippen LogP contribution in [0.1, 0.15) is 5.69 Å². The van der Waals surface area contributed by atoms with E-state index in [1.807, 2.05) is 29.8 Å². The summed E-state index contributed by atoms with van der Waals surface area (Å²) in [7, 11) is 0. The van der Waals surface area contributed by atoms with E-state index in [1.54, 1.807) is 0 Å². The number of nitrogens with two attached hydrogens (primary N) is 2. The molecule has 1 rings (SSSR count). The van der Waals surface area contributed by atoms with E-state index in [4.69, 9.17) is 11.7 Å². The third kappa shape index (κ3) is 1.76. The minimum Gasteiger partial charge on any atom is -0.344 e. The Morgan fingerprint density at radius 2 is 2.50 bits per heavy atom. The number of nitrogens with one attached hydrogen (secondary N) is 1. The molecular formula is C7H13N5. The molecule has 0 spiro atoms. The molecule has 0 saturated carbocycles. The minimum absolute atomic E-state index is 0.550. The maximum atomic E-state index is 5.18. The highest BCUT2D eigenvalue weighted by atomic mass is 15.3. The fraction of sp³-hybridized carbons (Fsp3) is 0.286. The van der Waals surface area contributed by atoms with E-state index in [9.17, 15) is 0 Å². The Morgan fingerprint density at radius 3 is 2.92 bits per heavy atom. The molecular weight excluding hydrogens is 154 g/mol. The summed E-state index contributed by atoms with van der Waals surface area (Å²) in [6.07, 6.45) is 1.94. The Kier molecular flexibility index (Phi) is 2.71. The monoisotopic (exact) mass is 167 g/mol. The standard InChI is InChI=1S/C7H13N5/c1-6-3-2-4-12(6)5-7(10-8)11-9/h2-4H,5,8-9H2,1H3,(H,10,11). The van der Waals surface area contributed by atoms with Crippen LogP contribution in [0.5, 0.6) is 0 Å².